The van der Waals surface area contributed by atoms with Crippen molar-refractivity contribution >= 4 is 53.1 Å². The lowest BCUT2D eigenvalue weighted by Crippen LogP contribution is -2.39. The molecule has 0 aliphatic heterocycles. The summed E-state index contributed by atoms with van der Waals surface area (Å²) in [5.74, 6) is 0.779. The van der Waals surface area contributed by atoms with E-state index in [-0.39, 0.29) is 24.0 Å². The van der Waals surface area contributed by atoms with Crippen molar-refractivity contribution in [3.8, 4) is 0 Å². The van der Waals surface area contributed by atoms with E-state index >= 15 is 0 Å². The van der Waals surface area contributed by atoms with E-state index in [1.165, 1.54) is 10.4 Å². The lowest BCUT2D eigenvalue weighted by Gasteiger charge is -2.19. The molecule has 7 nitrogen and oxygen atoms in total. The molecule has 0 aliphatic carbocycles. The number of benzene rings is 1. The van der Waals surface area contributed by atoms with Crippen molar-refractivity contribution in [1.82, 2.24) is 15.6 Å². The summed E-state index contributed by atoms with van der Waals surface area (Å²) < 4.78 is 5.25. The molecule has 1 heterocycles. The summed E-state index contributed by atoms with van der Waals surface area (Å²) in [6.45, 7) is 9.13. The highest BCUT2D eigenvalue weighted by molar-refractivity contribution is 14.0. The zero-order valence-corrected chi connectivity index (χ0v) is 21.4. The molecule has 9 heteroatoms. The average Bonchev–Trinajstić information content (AvgIpc) is 3.05. The number of carbonyl (C=O) groups is 1. The first-order valence-corrected chi connectivity index (χ1v) is 10.5. The summed E-state index contributed by atoms with van der Waals surface area (Å²) in [6.07, 6.45) is 3.18. The molecule has 0 fully saturated rings. The normalized spacial score (nSPS) is 11.4. The van der Waals surface area contributed by atoms with Crippen LogP contribution in [0, 0.1) is 6.92 Å². The van der Waals surface area contributed by atoms with Crippen LogP contribution in [0.2, 0.25) is 0 Å². The van der Waals surface area contributed by atoms with Crippen LogP contribution >= 0.6 is 35.3 Å². The fourth-order valence-corrected chi connectivity index (χ4v) is 3.31. The van der Waals surface area contributed by atoms with Crippen LogP contribution in [0.1, 0.15) is 36.2 Å². The van der Waals surface area contributed by atoms with Crippen LogP contribution in [-0.4, -0.2) is 42.8 Å². The highest BCUT2D eigenvalue weighted by atomic mass is 127. The van der Waals surface area contributed by atoms with Crippen LogP contribution < -0.4 is 16.0 Å². The third-order valence-corrected chi connectivity index (χ3v) is 4.80. The van der Waals surface area contributed by atoms with Gasteiger partial charge in [0, 0.05) is 43.3 Å². The zero-order chi connectivity index (χ0) is 21.3. The van der Waals surface area contributed by atoms with Gasteiger partial charge in [-0.25, -0.2) is 9.78 Å². The number of nitrogens with zero attached hydrogens (tertiary/aromatic N) is 2. The number of aromatic nitrogens is 1. The SMILES string of the molecule is CN=C(NCCc1ccc(NC(=O)OC(C)(C)C)cc1)NCCc1ncc(C)s1.I. The van der Waals surface area contributed by atoms with Crippen molar-refractivity contribution in [2.24, 2.45) is 4.99 Å². The highest BCUT2D eigenvalue weighted by Gasteiger charge is 2.16. The Hall–Kier alpha value is -1.88. The van der Waals surface area contributed by atoms with Crippen molar-refractivity contribution in [2.75, 3.05) is 25.5 Å². The van der Waals surface area contributed by atoms with E-state index in [4.69, 9.17) is 4.74 Å². The maximum atomic E-state index is 11.8. The minimum atomic E-state index is -0.512. The van der Waals surface area contributed by atoms with Crippen molar-refractivity contribution in [2.45, 2.75) is 46.1 Å². The third-order valence-electron chi connectivity index (χ3n) is 3.83. The van der Waals surface area contributed by atoms with E-state index < -0.39 is 11.7 Å². The number of rotatable bonds is 7. The van der Waals surface area contributed by atoms with Crippen molar-refractivity contribution in [3.05, 3.63) is 45.9 Å². The Morgan fingerprint density at radius 2 is 1.77 bits per heavy atom. The molecule has 1 amide bonds. The summed E-state index contributed by atoms with van der Waals surface area (Å²) >= 11 is 1.72. The van der Waals surface area contributed by atoms with Gasteiger partial charge in [0.1, 0.15) is 5.60 Å². The molecule has 166 valence electrons. The minimum absolute atomic E-state index is 0. The Morgan fingerprint density at radius 1 is 1.13 bits per heavy atom. The number of carbonyl (C=O) groups excluding carboxylic acids is 1. The number of hydrogen-bond donors (Lipinski definition) is 3. The standard InChI is InChI=1S/C21H31N5O2S.HI/c1-15-14-25-18(29-15)11-13-24-19(22-5)23-12-10-16-6-8-17(9-7-16)26-20(27)28-21(2,3)4;/h6-9,14H,10-13H2,1-5H3,(H,26,27)(H2,22,23,24);1H. The molecule has 0 saturated carbocycles. The number of guanidine groups is 1. The van der Waals surface area contributed by atoms with Crippen LogP contribution in [0.25, 0.3) is 0 Å². The lowest BCUT2D eigenvalue weighted by atomic mass is 10.1. The Bertz CT molecular complexity index is 816. The van der Waals surface area contributed by atoms with Gasteiger partial charge >= 0.3 is 6.09 Å². The molecular formula is C21H32IN5O2S. The molecule has 30 heavy (non-hydrogen) atoms. The van der Waals surface area contributed by atoms with Gasteiger partial charge < -0.3 is 15.4 Å². The molecule has 2 rings (SSSR count). The quantitative estimate of drug-likeness (QED) is 0.273. The fraction of sp³-hybridized carbons (Fsp3) is 0.476. The smallest absolute Gasteiger partial charge is 0.412 e. The number of aryl methyl sites for hydroxylation is 1. The Morgan fingerprint density at radius 3 is 2.30 bits per heavy atom. The molecule has 0 aliphatic rings. The minimum Gasteiger partial charge on any atom is -0.444 e. The van der Waals surface area contributed by atoms with E-state index in [0.717, 1.165) is 36.9 Å². The van der Waals surface area contributed by atoms with Crippen LogP contribution in [0.15, 0.2) is 35.5 Å². The van der Waals surface area contributed by atoms with Gasteiger partial charge in [0.2, 0.25) is 0 Å². The van der Waals surface area contributed by atoms with Crippen LogP contribution in [0.3, 0.4) is 0 Å². The van der Waals surface area contributed by atoms with Gasteiger partial charge in [0.25, 0.3) is 0 Å². The molecule has 1 aromatic heterocycles. The van der Waals surface area contributed by atoms with E-state index in [2.05, 4.69) is 32.9 Å². The molecule has 0 bridgehead atoms. The summed E-state index contributed by atoms with van der Waals surface area (Å²) in [5, 5.41) is 10.5. The van der Waals surface area contributed by atoms with E-state index in [9.17, 15) is 4.79 Å². The van der Waals surface area contributed by atoms with Crippen molar-refractivity contribution in [1.29, 1.82) is 0 Å². The highest BCUT2D eigenvalue weighted by Crippen LogP contribution is 2.13. The second-order valence-electron chi connectivity index (χ2n) is 7.61. The predicted molar refractivity (Wildman–Crippen MR) is 135 cm³/mol. The maximum absolute atomic E-state index is 11.8. The molecule has 1 aromatic carbocycles. The average molecular weight is 545 g/mol. The van der Waals surface area contributed by atoms with Crippen LogP contribution in [0.5, 0.6) is 0 Å². The topological polar surface area (TPSA) is 87.6 Å². The molecule has 0 atom stereocenters. The summed E-state index contributed by atoms with van der Waals surface area (Å²) in [7, 11) is 1.76. The van der Waals surface area contributed by atoms with Gasteiger partial charge in [-0.15, -0.1) is 35.3 Å². The molecule has 0 saturated heterocycles. The van der Waals surface area contributed by atoms with Crippen molar-refractivity contribution < 1.29 is 9.53 Å². The second kappa shape index (κ2) is 12.7. The summed E-state index contributed by atoms with van der Waals surface area (Å²) in [6, 6.07) is 7.75. The largest absolute Gasteiger partial charge is 0.444 e. The molecule has 0 radical (unpaired) electrons. The second-order valence-corrected chi connectivity index (χ2v) is 8.93. The number of anilines is 1. The fourth-order valence-electron chi connectivity index (χ4n) is 2.53. The van der Waals surface area contributed by atoms with E-state index in [0.29, 0.717) is 5.69 Å². The lowest BCUT2D eigenvalue weighted by molar-refractivity contribution is 0.0636. The molecule has 2 aromatic rings. The molecule has 0 spiro atoms. The Balaban J connectivity index is 0.00000450. The molecular weight excluding hydrogens is 513 g/mol. The Kier molecular flexibility index (Phi) is 11.1. The Labute approximate surface area is 200 Å². The van der Waals surface area contributed by atoms with Gasteiger partial charge in [-0.05, 0) is 51.8 Å². The number of hydrogen-bond acceptors (Lipinski definition) is 5. The van der Waals surface area contributed by atoms with Gasteiger partial charge in [0.05, 0.1) is 5.01 Å². The van der Waals surface area contributed by atoms with Gasteiger partial charge in [-0.1, -0.05) is 12.1 Å². The number of halogens is 1. The van der Waals surface area contributed by atoms with E-state index in [1.54, 1.807) is 18.4 Å². The van der Waals surface area contributed by atoms with Gasteiger partial charge in [-0.2, -0.15) is 0 Å². The number of aliphatic imine (C=N–C) groups is 1. The predicted octanol–water partition coefficient (Wildman–Crippen LogP) is 4.37. The van der Waals surface area contributed by atoms with Crippen molar-refractivity contribution in [3.63, 3.8) is 0 Å². The number of amides is 1. The maximum Gasteiger partial charge on any atom is 0.412 e. The number of nitrogens with one attached hydrogen (secondary N) is 3. The summed E-state index contributed by atoms with van der Waals surface area (Å²) in [4.78, 5) is 21.6. The van der Waals surface area contributed by atoms with Crippen LogP contribution in [-0.2, 0) is 17.6 Å². The third kappa shape index (κ3) is 10.2. The first-order chi connectivity index (χ1) is 13.7. The zero-order valence-electron chi connectivity index (χ0n) is 18.2. The number of ether oxygens (including phenoxy) is 1. The van der Waals surface area contributed by atoms with Gasteiger partial charge in [-0.3, -0.25) is 10.3 Å². The molecule has 0 unspecified atom stereocenters. The number of thiazole rings is 1. The summed E-state index contributed by atoms with van der Waals surface area (Å²) in [5.41, 5.74) is 1.37. The molecule has 3 N–H and O–H groups in total. The van der Waals surface area contributed by atoms with Gasteiger partial charge in [0.15, 0.2) is 5.96 Å². The monoisotopic (exact) mass is 545 g/mol. The van der Waals surface area contributed by atoms with E-state index in [1.807, 2.05) is 51.2 Å². The van der Waals surface area contributed by atoms with Crippen LogP contribution in [0.4, 0.5) is 10.5 Å². The first-order valence-electron chi connectivity index (χ1n) is 9.70. The first kappa shape index (κ1) is 26.2.